The summed E-state index contributed by atoms with van der Waals surface area (Å²) >= 11 is 0. The molecule has 1 aliphatic rings. The fraction of sp³-hybridized carbons (Fsp3) is 0.185. The van der Waals surface area contributed by atoms with Gasteiger partial charge in [-0.3, -0.25) is 9.59 Å². The first-order valence-electron chi connectivity index (χ1n) is 11.0. The quantitative estimate of drug-likeness (QED) is 0.460. The van der Waals surface area contributed by atoms with Gasteiger partial charge in [0.05, 0.1) is 32.1 Å². The Kier molecular flexibility index (Phi) is 6.82. The van der Waals surface area contributed by atoms with Gasteiger partial charge in [-0.05, 0) is 36.2 Å². The van der Waals surface area contributed by atoms with E-state index in [0.717, 1.165) is 11.3 Å². The Morgan fingerprint density at radius 1 is 0.824 bits per heavy atom. The zero-order chi connectivity index (χ0) is 24.1. The summed E-state index contributed by atoms with van der Waals surface area (Å²) in [5, 5.41) is 3.17. The van der Waals surface area contributed by atoms with Gasteiger partial charge in [0.15, 0.2) is 0 Å². The molecule has 3 aromatic rings. The second-order valence-corrected chi connectivity index (χ2v) is 7.60. The van der Waals surface area contributed by atoms with Crippen LogP contribution in [-0.4, -0.2) is 32.6 Å². The van der Waals surface area contributed by atoms with Crippen molar-refractivity contribution < 1.29 is 23.8 Å². The van der Waals surface area contributed by atoms with E-state index < -0.39 is 11.8 Å². The average Bonchev–Trinajstić information content (AvgIpc) is 3.11. The number of amides is 2. The SMILES string of the molecule is CCCOc1cccc(NC2=C(c3ccccc3)C(=O)N(c3cc(OC)ccc3OC)C2=O)c1. The molecule has 1 heterocycles. The minimum absolute atomic E-state index is 0.175. The molecule has 0 bridgehead atoms. The third kappa shape index (κ3) is 4.45. The van der Waals surface area contributed by atoms with Gasteiger partial charge in [-0.25, -0.2) is 4.90 Å². The standard InChI is InChI=1S/C27H26N2O5/c1-4-15-34-21-12-8-11-19(16-21)28-25-24(18-9-6-5-7-10-18)26(30)29(27(25)31)22-17-20(32-2)13-14-23(22)33-3/h5-14,16-17,28H,4,15H2,1-3H3. The maximum absolute atomic E-state index is 13.7. The number of methoxy groups -OCH3 is 2. The van der Waals surface area contributed by atoms with Crippen molar-refractivity contribution in [2.75, 3.05) is 31.0 Å². The van der Waals surface area contributed by atoms with E-state index >= 15 is 0 Å². The Morgan fingerprint density at radius 2 is 1.62 bits per heavy atom. The molecule has 0 saturated carbocycles. The van der Waals surface area contributed by atoms with E-state index in [4.69, 9.17) is 14.2 Å². The minimum Gasteiger partial charge on any atom is -0.497 e. The van der Waals surface area contributed by atoms with Gasteiger partial charge < -0.3 is 19.5 Å². The molecule has 0 spiro atoms. The predicted molar refractivity (Wildman–Crippen MR) is 131 cm³/mol. The molecular weight excluding hydrogens is 432 g/mol. The molecule has 0 unspecified atom stereocenters. The van der Waals surface area contributed by atoms with Crippen LogP contribution in [0.2, 0.25) is 0 Å². The highest BCUT2D eigenvalue weighted by atomic mass is 16.5. The molecule has 34 heavy (non-hydrogen) atoms. The van der Waals surface area contributed by atoms with Gasteiger partial charge >= 0.3 is 0 Å². The lowest BCUT2D eigenvalue weighted by atomic mass is 10.0. The topological polar surface area (TPSA) is 77.1 Å². The van der Waals surface area contributed by atoms with Crippen LogP contribution in [0.3, 0.4) is 0 Å². The van der Waals surface area contributed by atoms with Crippen molar-refractivity contribution in [3.05, 3.63) is 84.1 Å². The Balaban J connectivity index is 1.79. The first kappa shape index (κ1) is 22.9. The normalized spacial score (nSPS) is 13.3. The minimum atomic E-state index is -0.490. The highest BCUT2D eigenvalue weighted by molar-refractivity contribution is 6.46. The Labute approximate surface area is 198 Å². The monoisotopic (exact) mass is 458 g/mol. The Bertz CT molecular complexity index is 1240. The lowest BCUT2D eigenvalue weighted by Gasteiger charge is -2.19. The van der Waals surface area contributed by atoms with Crippen molar-refractivity contribution in [3.8, 4) is 17.2 Å². The summed E-state index contributed by atoms with van der Waals surface area (Å²) in [5.41, 5.74) is 2.02. The molecule has 0 fully saturated rings. The molecule has 3 aromatic carbocycles. The van der Waals surface area contributed by atoms with E-state index in [1.807, 2.05) is 43.3 Å². The number of ether oxygens (including phenoxy) is 3. The van der Waals surface area contributed by atoms with Crippen LogP contribution in [0.5, 0.6) is 17.2 Å². The van der Waals surface area contributed by atoms with Crippen molar-refractivity contribution in [1.82, 2.24) is 0 Å². The zero-order valence-electron chi connectivity index (χ0n) is 19.3. The van der Waals surface area contributed by atoms with Gasteiger partial charge in [-0.1, -0.05) is 43.3 Å². The number of carbonyl (C=O) groups excluding carboxylic acids is 2. The maximum atomic E-state index is 13.7. The molecule has 2 amide bonds. The summed E-state index contributed by atoms with van der Waals surface area (Å²) in [7, 11) is 3.01. The summed E-state index contributed by atoms with van der Waals surface area (Å²) < 4.78 is 16.5. The van der Waals surface area contributed by atoms with E-state index in [9.17, 15) is 9.59 Å². The van der Waals surface area contributed by atoms with E-state index in [2.05, 4.69) is 5.32 Å². The molecule has 0 radical (unpaired) electrons. The molecule has 7 nitrogen and oxygen atoms in total. The van der Waals surface area contributed by atoms with Crippen molar-refractivity contribution in [2.24, 2.45) is 0 Å². The second kappa shape index (κ2) is 10.1. The van der Waals surface area contributed by atoms with E-state index in [1.165, 1.54) is 14.2 Å². The average molecular weight is 459 g/mol. The van der Waals surface area contributed by atoms with Crippen LogP contribution in [0.4, 0.5) is 11.4 Å². The Hall–Kier alpha value is -4.26. The van der Waals surface area contributed by atoms with Crippen molar-refractivity contribution >= 4 is 28.8 Å². The maximum Gasteiger partial charge on any atom is 0.282 e. The van der Waals surface area contributed by atoms with Crippen LogP contribution >= 0.6 is 0 Å². The zero-order valence-corrected chi connectivity index (χ0v) is 19.3. The molecule has 7 heteroatoms. The van der Waals surface area contributed by atoms with Crippen LogP contribution in [0.25, 0.3) is 5.57 Å². The van der Waals surface area contributed by atoms with Crippen molar-refractivity contribution in [2.45, 2.75) is 13.3 Å². The first-order valence-corrected chi connectivity index (χ1v) is 11.0. The largest absolute Gasteiger partial charge is 0.497 e. The fourth-order valence-corrected chi connectivity index (χ4v) is 3.74. The summed E-state index contributed by atoms with van der Waals surface area (Å²) in [5.74, 6) is 0.613. The smallest absolute Gasteiger partial charge is 0.282 e. The lowest BCUT2D eigenvalue weighted by molar-refractivity contribution is -0.120. The van der Waals surface area contributed by atoms with Crippen LogP contribution in [0.15, 0.2) is 78.5 Å². The number of nitrogens with zero attached hydrogens (tertiary/aromatic N) is 1. The van der Waals surface area contributed by atoms with Crippen molar-refractivity contribution in [1.29, 1.82) is 0 Å². The van der Waals surface area contributed by atoms with Crippen LogP contribution in [0, 0.1) is 0 Å². The van der Waals surface area contributed by atoms with Gasteiger partial charge in [-0.2, -0.15) is 0 Å². The lowest BCUT2D eigenvalue weighted by Crippen LogP contribution is -2.32. The van der Waals surface area contributed by atoms with Crippen LogP contribution in [-0.2, 0) is 9.59 Å². The van der Waals surface area contributed by atoms with Gasteiger partial charge in [0.2, 0.25) is 0 Å². The molecule has 174 valence electrons. The van der Waals surface area contributed by atoms with E-state index in [1.54, 1.807) is 36.4 Å². The summed E-state index contributed by atoms with van der Waals surface area (Å²) in [6.07, 6.45) is 0.880. The summed E-state index contributed by atoms with van der Waals surface area (Å²) in [4.78, 5) is 28.5. The fourth-order valence-electron chi connectivity index (χ4n) is 3.74. The number of nitrogens with one attached hydrogen (secondary N) is 1. The van der Waals surface area contributed by atoms with Gasteiger partial charge in [0.25, 0.3) is 11.8 Å². The number of imide groups is 1. The number of anilines is 2. The Morgan fingerprint density at radius 3 is 2.32 bits per heavy atom. The third-order valence-electron chi connectivity index (χ3n) is 5.35. The molecule has 0 atom stereocenters. The highest BCUT2D eigenvalue weighted by Crippen LogP contribution is 2.39. The van der Waals surface area contributed by atoms with Gasteiger partial charge in [0.1, 0.15) is 22.9 Å². The van der Waals surface area contributed by atoms with E-state index in [0.29, 0.717) is 40.8 Å². The molecule has 4 rings (SSSR count). The number of carbonyl (C=O) groups is 2. The van der Waals surface area contributed by atoms with Crippen LogP contribution in [0.1, 0.15) is 18.9 Å². The molecule has 1 aliphatic heterocycles. The molecule has 0 aromatic heterocycles. The van der Waals surface area contributed by atoms with Crippen molar-refractivity contribution in [3.63, 3.8) is 0 Å². The first-order chi connectivity index (χ1) is 16.6. The van der Waals surface area contributed by atoms with Gasteiger partial charge in [-0.15, -0.1) is 0 Å². The molecular formula is C27H26N2O5. The summed E-state index contributed by atoms with van der Waals surface area (Å²) in [6, 6.07) is 21.4. The van der Waals surface area contributed by atoms with E-state index in [-0.39, 0.29) is 11.3 Å². The number of benzene rings is 3. The molecule has 0 saturated heterocycles. The third-order valence-corrected chi connectivity index (χ3v) is 5.35. The predicted octanol–water partition coefficient (Wildman–Crippen LogP) is 4.89. The highest BCUT2D eigenvalue weighted by Gasteiger charge is 2.41. The number of rotatable bonds is 9. The number of hydrogen-bond acceptors (Lipinski definition) is 6. The second-order valence-electron chi connectivity index (χ2n) is 7.60. The molecule has 0 aliphatic carbocycles. The molecule has 1 N–H and O–H groups in total. The van der Waals surface area contributed by atoms with Crippen LogP contribution < -0.4 is 24.4 Å². The van der Waals surface area contributed by atoms with Gasteiger partial charge in [0, 0.05) is 17.8 Å². The summed E-state index contributed by atoms with van der Waals surface area (Å²) in [6.45, 7) is 2.62. The number of hydrogen-bond donors (Lipinski definition) is 1.